The van der Waals surface area contributed by atoms with E-state index in [1.54, 1.807) is 6.07 Å². The molecular weight excluding hydrogens is 240 g/mol. The van der Waals surface area contributed by atoms with Crippen LogP contribution in [-0.2, 0) is 4.79 Å². The number of benzene rings is 1. The summed E-state index contributed by atoms with van der Waals surface area (Å²) in [6.07, 6.45) is -0.281. The molecule has 0 radical (unpaired) electrons. The zero-order valence-electron chi connectivity index (χ0n) is 9.61. The maximum absolute atomic E-state index is 11.6. The van der Waals surface area contributed by atoms with Crippen molar-refractivity contribution in [2.75, 3.05) is 25.0 Å². The number of aliphatic hydroxyl groups excluding tert-OH is 1. The van der Waals surface area contributed by atoms with Gasteiger partial charge in [0, 0.05) is 23.8 Å². The lowest BCUT2D eigenvalue weighted by Gasteiger charge is -2.34. The lowest BCUT2D eigenvalue weighted by molar-refractivity contribution is -0.119. The number of β-amino-alcohol motifs (C(OH)–C–C–N with tert-alkyl or cyclic N) is 1. The molecule has 2 rings (SSSR count). The van der Waals surface area contributed by atoms with Gasteiger partial charge in [-0.25, -0.2) is 0 Å². The number of hydrogen-bond donors (Lipinski definition) is 2. The molecule has 92 valence electrons. The molecule has 0 aromatic heterocycles. The second-order valence-corrected chi connectivity index (χ2v) is 4.77. The monoisotopic (exact) mass is 254 g/mol. The molecule has 1 aromatic carbocycles. The first kappa shape index (κ1) is 12.4. The van der Waals surface area contributed by atoms with Gasteiger partial charge in [-0.15, -0.1) is 0 Å². The smallest absolute Gasteiger partial charge is 0.238 e. The van der Waals surface area contributed by atoms with Gasteiger partial charge in [0.2, 0.25) is 5.91 Å². The highest BCUT2D eigenvalue weighted by Crippen LogP contribution is 2.20. The van der Waals surface area contributed by atoms with Gasteiger partial charge < -0.3 is 10.4 Å². The van der Waals surface area contributed by atoms with Crippen molar-refractivity contribution in [2.45, 2.75) is 13.0 Å². The molecule has 1 aliphatic rings. The number of aliphatic hydroxyl groups is 1. The summed E-state index contributed by atoms with van der Waals surface area (Å²) in [7, 11) is 0. The van der Waals surface area contributed by atoms with Crippen LogP contribution >= 0.6 is 11.6 Å². The summed E-state index contributed by atoms with van der Waals surface area (Å²) in [6.45, 7) is 3.36. The number of amides is 1. The lowest BCUT2D eigenvalue weighted by Crippen LogP contribution is -2.53. The summed E-state index contributed by atoms with van der Waals surface area (Å²) in [5.41, 5.74) is 1.68. The highest BCUT2D eigenvalue weighted by Gasteiger charge is 2.25. The molecule has 0 aliphatic carbocycles. The number of hydrogen-bond acceptors (Lipinski definition) is 3. The Morgan fingerprint density at radius 2 is 2.29 bits per heavy atom. The largest absolute Gasteiger partial charge is 0.390 e. The van der Waals surface area contributed by atoms with Gasteiger partial charge in [-0.3, -0.25) is 9.69 Å². The molecular formula is C12H15ClN2O2. The van der Waals surface area contributed by atoms with Gasteiger partial charge in [-0.05, 0) is 24.6 Å². The first-order valence-corrected chi connectivity index (χ1v) is 5.89. The van der Waals surface area contributed by atoms with E-state index in [4.69, 9.17) is 16.7 Å². The summed E-state index contributed by atoms with van der Waals surface area (Å²) in [4.78, 5) is 13.5. The molecule has 0 bridgehead atoms. The predicted octanol–water partition coefficient (Wildman–Crippen LogP) is 1.26. The maximum atomic E-state index is 11.6. The first-order chi connectivity index (χ1) is 8.04. The molecule has 1 aromatic rings. The Morgan fingerprint density at radius 3 is 2.88 bits per heavy atom. The molecule has 1 aliphatic heterocycles. The van der Waals surface area contributed by atoms with Crippen LogP contribution in [-0.4, -0.2) is 41.7 Å². The van der Waals surface area contributed by atoms with Crippen LogP contribution in [0.1, 0.15) is 5.56 Å². The van der Waals surface area contributed by atoms with Crippen LogP contribution in [0.15, 0.2) is 18.2 Å². The number of halogens is 1. The Labute approximate surface area is 105 Å². The zero-order chi connectivity index (χ0) is 12.4. The van der Waals surface area contributed by atoms with E-state index in [0.717, 1.165) is 5.56 Å². The number of nitrogens with zero attached hydrogens (tertiary/aromatic N) is 1. The summed E-state index contributed by atoms with van der Waals surface area (Å²) in [5, 5.41) is 12.5. The molecule has 0 unspecified atom stereocenters. The number of nitrogens with one attached hydrogen (secondary N) is 1. The van der Waals surface area contributed by atoms with Crippen LogP contribution in [0.2, 0.25) is 5.02 Å². The SMILES string of the molecule is Cc1ccc(NC(=O)CN2CC(O)C2)cc1Cl. The number of anilines is 1. The average molecular weight is 255 g/mol. The van der Waals surface area contributed by atoms with Crippen LogP contribution in [0, 0.1) is 6.92 Å². The Kier molecular flexibility index (Phi) is 3.66. The number of carbonyl (C=O) groups is 1. The number of rotatable bonds is 3. The number of carbonyl (C=O) groups excluding carboxylic acids is 1. The van der Waals surface area contributed by atoms with Crippen LogP contribution < -0.4 is 5.32 Å². The molecule has 17 heavy (non-hydrogen) atoms. The molecule has 1 heterocycles. The van der Waals surface area contributed by atoms with E-state index in [-0.39, 0.29) is 12.0 Å². The first-order valence-electron chi connectivity index (χ1n) is 5.51. The van der Waals surface area contributed by atoms with E-state index >= 15 is 0 Å². The van der Waals surface area contributed by atoms with Gasteiger partial charge >= 0.3 is 0 Å². The van der Waals surface area contributed by atoms with Gasteiger partial charge in [-0.2, -0.15) is 0 Å². The van der Waals surface area contributed by atoms with E-state index in [1.165, 1.54) is 0 Å². The molecule has 4 nitrogen and oxygen atoms in total. The Bertz CT molecular complexity index is 431. The molecule has 1 saturated heterocycles. The minimum atomic E-state index is -0.281. The number of aryl methyl sites for hydroxylation is 1. The van der Waals surface area contributed by atoms with E-state index in [2.05, 4.69) is 5.32 Å². The zero-order valence-corrected chi connectivity index (χ0v) is 10.4. The highest BCUT2D eigenvalue weighted by molar-refractivity contribution is 6.31. The average Bonchev–Trinajstić information content (AvgIpc) is 2.21. The fourth-order valence-corrected chi connectivity index (χ4v) is 1.93. The van der Waals surface area contributed by atoms with Crippen molar-refractivity contribution in [3.8, 4) is 0 Å². The van der Waals surface area contributed by atoms with E-state index in [9.17, 15) is 4.79 Å². The van der Waals surface area contributed by atoms with Gasteiger partial charge in [0.15, 0.2) is 0 Å². The lowest BCUT2D eigenvalue weighted by atomic mass is 10.2. The van der Waals surface area contributed by atoms with Crippen molar-refractivity contribution < 1.29 is 9.90 Å². The van der Waals surface area contributed by atoms with Crippen molar-refractivity contribution in [2.24, 2.45) is 0 Å². The van der Waals surface area contributed by atoms with E-state index in [1.807, 2.05) is 24.0 Å². The minimum Gasteiger partial charge on any atom is -0.390 e. The topological polar surface area (TPSA) is 52.6 Å². The van der Waals surface area contributed by atoms with E-state index in [0.29, 0.717) is 30.3 Å². The molecule has 0 spiro atoms. The molecule has 0 saturated carbocycles. The van der Waals surface area contributed by atoms with Gasteiger partial charge in [0.05, 0.1) is 12.6 Å². The molecule has 1 amide bonds. The normalized spacial score (nSPS) is 16.6. The predicted molar refractivity (Wildman–Crippen MR) is 67.3 cm³/mol. The molecule has 0 atom stereocenters. The molecule has 2 N–H and O–H groups in total. The van der Waals surface area contributed by atoms with Gasteiger partial charge in [0.1, 0.15) is 0 Å². The van der Waals surface area contributed by atoms with Crippen LogP contribution in [0.4, 0.5) is 5.69 Å². The van der Waals surface area contributed by atoms with Gasteiger partial charge in [0.25, 0.3) is 0 Å². The summed E-state index contributed by atoms with van der Waals surface area (Å²) < 4.78 is 0. The Morgan fingerprint density at radius 1 is 1.59 bits per heavy atom. The maximum Gasteiger partial charge on any atom is 0.238 e. The van der Waals surface area contributed by atoms with Crippen molar-refractivity contribution >= 4 is 23.2 Å². The third-order valence-corrected chi connectivity index (χ3v) is 3.17. The van der Waals surface area contributed by atoms with Crippen molar-refractivity contribution in [3.05, 3.63) is 28.8 Å². The molecule has 5 heteroatoms. The highest BCUT2D eigenvalue weighted by atomic mass is 35.5. The van der Waals surface area contributed by atoms with Crippen molar-refractivity contribution in [1.29, 1.82) is 0 Å². The minimum absolute atomic E-state index is 0.0863. The van der Waals surface area contributed by atoms with Crippen LogP contribution in [0.25, 0.3) is 0 Å². The van der Waals surface area contributed by atoms with E-state index < -0.39 is 0 Å². The van der Waals surface area contributed by atoms with Crippen LogP contribution in [0.5, 0.6) is 0 Å². The standard InChI is InChI=1S/C12H15ClN2O2/c1-8-2-3-9(4-11(8)13)14-12(17)7-15-5-10(16)6-15/h2-4,10,16H,5-7H2,1H3,(H,14,17). The summed E-state index contributed by atoms with van der Waals surface area (Å²) in [6, 6.07) is 5.43. The van der Waals surface area contributed by atoms with Gasteiger partial charge in [-0.1, -0.05) is 17.7 Å². The van der Waals surface area contributed by atoms with Crippen molar-refractivity contribution in [3.63, 3.8) is 0 Å². The second-order valence-electron chi connectivity index (χ2n) is 4.36. The molecule has 1 fully saturated rings. The quantitative estimate of drug-likeness (QED) is 0.854. The fraction of sp³-hybridized carbons (Fsp3) is 0.417. The van der Waals surface area contributed by atoms with Crippen LogP contribution in [0.3, 0.4) is 0 Å². The Balaban J connectivity index is 1.87. The summed E-state index contributed by atoms with van der Waals surface area (Å²) >= 11 is 5.97. The second kappa shape index (κ2) is 5.04. The summed E-state index contributed by atoms with van der Waals surface area (Å²) in [5.74, 6) is -0.0863. The Hall–Kier alpha value is -1.10. The third kappa shape index (κ3) is 3.19. The fourth-order valence-electron chi connectivity index (χ4n) is 1.75. The third-order valence-electron chi connectivity index (χ3n) is 2.76. The number of likely N-dealkylation sites (tertiary alicyclic amines) is 1. The van der Waals surface area contributed by atoms with Crippen molar-refractivity contribution in [1.82, 2.24) is 4.90 Å².